The van der Waals surface area contributed by atoms with Crippen LogP contribution in [0, 0.1) is 13.8 Å². The van der Waals surface area contributed by atoms with E-state index in [0.717, 1.165) is 11.3 Å². The number of aryl methyl sites for hydroxylation is 3. The van der Waals surface area contributed by atoms with E-state index in [-0.39, 0.29) is 0 Å². The smallest absolute Gasteiger partial charge is 0.240 e. The van der Waals surface area contributed by atoms with Gasteiger partial charge < -0.3 is 0 Å². The third kappa shape index (κ3) is 3.91. The van der Waals surface area contributed by atoms with E-state index >= 15 is 0 Å². The molecule has 0 unspecified atom stereocenters. The molecule has 20 heavy (non-hydrogen) atoms. The summed E-state index contributed by atoms with van der Waals surface area (Å²) in [5.74, 6) is 0. The standard InChI is InChI=1S/C14H19N3O2S/c1-12-4-6-14(7-5-12)20(18,19)15-9-3-10-17-11-8-13(2)16-17/h4-8,11,15H,3,9-10H2,1-2H3. The van der Waals surface area contributed by atoms with E-state index in [4.69, 9.17) is 0 Å². The van der Waals surface area contributed by atoms with Crippen LogP contribution in [-0.2, 0) is 16.6 Å². The van der Waals surface area contributed by atoms with Gasteiger partial charge >= 0.3 is 0 Å². The maximum Gasteiger partial charge on any atom is 0.240 e. The number of sulfonamides is 1. The van der Waals surface area contributed by atoms with Crippen molar-refractivity contribution in [2.45, 2.75) is 31.7 Å². The normalized spacial score (nSPS) is 11.7. The van der Waals surface area contributed by atoms with Gasteiger partial charge in [-0.1, -0.05) is 17.7 Å². The fourth-order valence-corrected chi connectivity index (χ4v) is 2.91. The Bertz CT molecular complexity index is 660. The number of hydrogen-bond acceptors (Lipinski definition) is 3. The van der Waals surface area contributed by atoms with Crippen molar-refractivity contribution in [3.05, 3.63) is 47.8 Å². The molecule has 1 N–H and O–H groups in total. The molecule has 0 saturated carbocycles. The Hall–Kier alpha value is -1.66. The van der Waals surface area contributed by atoms with Gasteiger partial charge in [0.1, 0.15) is 0 Å². The molecule has 0 amide bonds. The molecular formula is C14H19N3O2S. The summed E-state index contributed by atoms with van der Waals surface area (Å²) < 4.78 is 28.5. The molecule has 0 aliphatic rings. The van der Waals surface area contributed by atoms with Crippen molar-refractivity contribution in [1.29, 1.82) is 0 Å². The highest BCUT2D eigenvalue weighted by atomic mass is 32.2. The van der Waals surface area contributed by atoms with Crippen molar-refractivity contribution in [1.82, 2.24) is 14.5 Å². The SMILES string of the molecule is Cc1ccc(S(=O)(=O)NCCCn2ccc(C)n2)cc1. The average Bonchev–Trinajstić information content (AvgIpc) is 2.81. The second kappa shape index (κ2) is 6.19. The number of hydrogen-bond donors (Lipinski definition) is 1. The number of rotatable bonds is 6. The number of nitrogens with one attached hydrogen (secondary N) is 1. The lowest BCUT2D eigenvalue weighted by Gasteiger charge is -2.07. The third-order valence-electron chi connectivity index (χ3n) is 2.96. The Morgan fingerprint density at radius 2 is 1.85 bits per heavy atom. The van der Waals surface area contributed by atoms with Crippen molar-refractivity contribution < 1.29 is 8.42 Å². The van der Waals surface area contributed by atoms with E-state index in [1.165, 1.54) is 0 Å². The second-order valence-corrected chi connectivity index (χ2v) is 6.55. The number of aromatic nitrogens is 2. The molecule has 2 rings (SSSR count). The first-order valence-corrected chi connectivity index (χ1v) is 8.02. The van der Waals surface area contributed by atoms with Crippen LogP contribution < -0.4 is 4.72 Å². The van der Waals surface area contributed by atoms with Gasteiger partial charge in [0.15, 0.2) is 0 Å². The Labute approximate surface area is 119 Å². The molecule has 0 aliphatic heterocycles. The van der Waals surface area contributed by atoms with Crippen LogP contribution in [-0.4, -0.2) is 24.7 Å². The first kappa shape index (κ1) is 14.7. The maximum atomic E-state index is 12.0. The van der Waals surface area contributed by atoms with E-state index in [0.29, 0.717) is 24.4 Å². The largest absolute Gasteiger partial charge is 0.272 e. The Balaban J connectivity index is 1.85. The van der Waals surface area contributed by atoms with E-state index in [1.54, 1.807) is 24.3 Å². The molecule has 0 atom stereocenters. The molecule has 6 heteroatoms. The van der Waals surface area contributed by atoms with Crippen LogP contribution in [0.15, 0.2) is 41.4 Å². The van der Waals surface area contributed by atoms with Gasteiger partial charge in [0.2, 0.25) is 10.0 Å². The summed E-state index contributed by atoms with van der Waals surface area (Å²) in [4.78, 5) is 0.304. The monoisotopic (exact) mass is 293 g/mol. The highest BCUT2D eigenvalue weighted by Crippen LogP contribution is 2.09. The highest BCUT2D eigenvalue weighted by molar-refractivity contribution is 7.89. The maximum absolute atomic E-state index is 12.0. The minimum atomic E-state index is -3.41. The molecule has 0 fully saturated rings. The van der Waals surface area contributed by atoms with Gasteiger partial charge in [-0.15, -0.1) is 0 Å². The lowest BCUT2D eigenvalue weighted by molar-refractivity contribution is 0.551. The molecule has 2 aromatic rings. The Morgan fingerprint density at radius 1 is 1.15 bits per heavy atom. The van der Waals surface area contributed by atoms with Gasteiger partial charge in [-0.25, -0.2) is 13.1 Å². The van der Waals surface area contributed by atoms with Crippen LogP contribution in [0.3, 0.4) is 0 Å². The molecule has 108 valence electrons. The van der Waals surface area contributed by atoms with Crippen LogP contribution >= 0.6 is 0 Å². The van der Waals surface area contributed by atoms with E-state index in [9.17, 15) is 8.42 Å². The van der Waals surface area contributed by atoms with Crippen LogP contribution in [0.25, 0.3) is 0 Å². The van der Waals surface area contributed by atoms with Crippen LogP contribution in [0.1, 0.15) is 17.7 Å². The van der Waals surface area contributed by atoms with Crippen molar-refractivity contribution in [2.24, 2.45) is 0 Å². The summed E-state index contributed by atoms with van der Waals surface area (Å²) in [6, 6.07) is 8.75. The first-order valence-electron chi connectivity index (χ1n) is 6.54. The molecule has 1 heterocycles. The zero-order valence-electron chi connectivity index (χ0n) is 11.7. The van der Waals surface area contributed by atoms with Gasteiger partial charge in [-0.2, -0.15) is 5.10 Å². The summed E-state index contributed by atoms with van der Waals surface area (Å²) in [7, 11) is -3.41. The van der Waals surface area contributed by atoms with Crippen LogP contribution in [0.4, 0.5) is 0 Å². The summed E-state index contributed by atoms with van der Waals surface area (Å²) >= 11 is 0. The molecule has 1 aromatic carbocycles. The van der Waals surface area contributed by atoms with Gasteiger partial charge in [0.25, 0.3) is 0 Å². The number of benzene rings is 1. The predicted octanol–water partition coefficient (Wildman–Crippen LogP) is 1.87. The van der Waals surface area contributed by atoms with Crippen molar-refractivity contribution in [3.8, 4) is 0 Å². The Kier molecular flexibility index (Phi) is 4.57. The van der Waals surface area contributed by atoms with Gasteiger partial charge in [0.05, 0.1) is 10.6 Å². The van der Waals surface area contributed by atoms with E-state index < -0.39 is 10.0 Å². The molecule has 0 bridgehead atoms. The molecule has 0 aliphatic carbocycles. The topological polar surface area (TPSA) is 64.0 Å². The van der Waals surface area contributed by atoms with Gasteiger partial charge in [-0.3, -0.25) is 4.68 Å². The highest BCUT2D eigenvalue weighted by Gasteiger charge is 2.12. The minimum absolute atomic E-state index is 0.304. The second-order valence-electron chi connectivity index (χ2n) is 4.78. The van der Waals surface area contributed by atoms with Crippen LogP contribution in [0.2, 0.25) is 0 Å². The summed E-state index contributed by atoms with van der Waals surface area (Å²) in [5, 5.41) is 4.25. The van der Waals surface area contributed by atoms with Crippen molar-refractivity contribution >= 4 is 10.0 Å². The predicted molar refractivity (Wildman–Crippen MR) is 77.9 cm³/mol. The molecular weight excluding hydrogens is 274 g/mol. The van der Waals surface area contributed by atoms with Gasteiger partial charge in [-0.05, 0) is 38.5 Å². The fraction of sp³-hybridized carbons (Fsp3) is 0.357. The summed E-state index contributed by atoms with van der Waals surface area (Å²) in [6.45, 7) is 4.95. The number of nitrogens with zero attached hydrogens (tertiary/aromatic N) is 2. The van der Waals surface area contributed by atoms with E-state index in [1.807, 2.05) is 30.8 Å². The van der Waals surface area contributed by atoms with Crippen molar-refractivity contribution in [3.63, 3.8) is 0 Å². The molecule has 5 nitrogen and oxygen atoms in total. The molecule has 0 spiro atoms. The summed E-state index contributed by atoms with van der Waals surface area (Å²) in [5.41, 5.74) is 2.00. The average molecular weight is 293 g/mol. The third-order valence-corrected chi connectivity index (χ3v) is 4.44. The lowest BCUT2D eigenvalue weighted by Crippen LogP contribution is -2.25. The van der Waals surface area contributed by atoms with Crippen LogP contribution in [0.5, 0.6) is 0 Å². The molecule has 0 saturated heterocycles. The van der Waals surface area contributed by atoms with Crippen molar-refractivity contribution in [2.75, 3.05) is 6.54 Å². The molecule has 1 aromatic heterocycles. The zero-order chi connectivity index (χ0) is 14.6. The minimum Gasteiger partial charge on any atom is -0.272 e. The van der Waals surface area contributed by atoms with Gasteiger partial charge in [0, 0.05) is 19.3 Å². The fourth-order valence-electron chi connectivity index (χ4n) is 1.84. The lowest BCUT2D eigenvalue weighted by atomic mass is 10.2. The van der Waals surface area contributed by atoms with E-state index in [2.05, 4.69) is 9.82 Å². The zero-order valence-corrected chi connectivity index (χ0v) is 12.5. The first-order chi connectivity index (χ1) is 9.47. The summed E-state index contributed by atoms with van der Waals surface area (Å²) in [6.07, 6.45) is 2.59. The quantitative estimate of drug-likeness (QED) is 0.827. The molecule has 0 radical (unpaired) electrons. The Morgan fingerprint density at radius 3 is 2.45 bits per heavy atom.